The zero-order chi connectivity index (χ0) is 21.6. The average molecular weight is 484 g/mol. The number of phenolic OH excluding ortho intramolecular Hbond substituents is 1. The van der Waals surface area contributed by atoms with E-state index in [1.807, 2.05) is 12.1 Å². The van der Waals surface area contributed by atoms with Crippen LogP contribution >= 0.6 is 34.8 Å². The Hall–Kier alpha value is -2.45. The number of phenols is 1. The maximum atomic E-state index is 13.0. The van der Waals surface area contributed by atoms with Crippen molar-refractivity contribution >= 4 is 56.4 Å². The predicted molar refractivity (Wildman–Crippen MR) is 117 cm³/mol. The average Bonchev–Trinajstić information content (AvgIpc) is 2.70. The molecular formula is C20H13Cl3N2O4S. The smallest absolute Gasteiger partial charge is 0.265 e. The van der Waals surface area contributed by atoms with E-state index in [0.29, 0.717) is 16.1 Å². The molecule has 0 fully saturated rings. The van der Waals surface area contributed by atoms with Crippen LogP contribution in [0, 0.1) is 0 Å². The number of benzene rings is 3. The molecule has 1 amide bonds. The summed E-state index contributed by atoms with van der Waals surface area (Å²) in [5.41, 5.74) is 2.02. The number of hydrogen-bond acceptors (Lipinski definition) is 4. The molecule has 3 aromatic rings. The highest BCUT2D eigenvalue weighted by molar-refractivity contribution is 7.92. The summed E-state index contributed by atoms with van der Waals surface area (Å²) in [5, 5.41) is 13.1. The van der Waals surface area contributed by atoms with E-state index in [0.717, 1.165) is 11.6 Å². The van der Waals surface area contributed by atoms with Crippen LogP contribution in [0.3, 0.4) is 0 Å². The molecule has 0 atom stereocenters. The van der Waals surface area contributed by atoms with Gasteiger partial charge in [0.2, 0.25) is 0 Å². The maximum Gasteiger partial charge on any atom is 0.265 e. The van der Waals surface area contributed by atoms with Crippen molar-refractivity contribution in [3.63, 3.8) is 0 Å². The number of fused-ring (bicyclic) bond motifs is 6. The van der Waals surface area contributed by atoms with Crippen LogP contribution in [0.15, 0.2) is 53.4 Å². The fourth-order valence-corrected chi connectivity index (χ4v) is 5.24. The van der Waals surface area contributed by atoms with Gasteiger partial charge in [-0.3, -0.25) is 9.52 Å². The second-order valence-corrected chi connectivity index (χ2v) is 9.43. The topological polar surface area (TPSA) is 95.5 Å². The van der Waals surface area contributed by atoms with Crippen molar-refractivity contribution in [3.05, 3.63) is 74.7 Å². The summed E-state index contributed by atoms with van der Waals surface area (Å²) in [6.07, 6.45) is 0. The standard InChI is InChI=1S/C20H13Cl3N2O4S/c21-14-8-15(22)17-7-13(14)12-4-2-1-3-10(12)9-24-20(27)11-5-16(23)19(26)18(6-11)30(28,29)25-17/h1-8,25-26H,9H2,(H,24,27). The van der Waals surface area contributed by atoms with Crippen molar-refractivity contribution in [1.29, 1.82) is 0 Å². The van der Waals surface area contributed by atoms with Gasteiger partial charge in [-0.1, -0.05) is 59.1 Å². The van der Waals surface area contributed by atoms with Crippen molar-refractivity contribution in [2.75, 3.05) is 4.72 Å². The van der Waals surface area contributed by atoms with Gasteiger partial charge in [0.25, 0.3) is 15.9 Å². The third-order valence-electron chi connectivity index (χ3n) is 4.63. The Kier molecular flexibility index (Phi) is 5.32. The minimum atomic E-state index is -4.34. The van der Waals surface area contributed by atoms with Gasteiger partial charge in [-0.05, 0) is 35.4 Å². The lowest BCUT2D eigenvalue weighted by Crippen LogP contribution is -2.23. The number of halogens is 3. The number of sulfonamides is 1. The monoisotopic (exact) mass is 482 g/mol. The van der Waals surface area contributed by atoms with Crippen LogP contribution in [0.5, 0.6) is 5.75 Å². The number of carbonyl (C=O) groups excluding carboxylic acids is 1. The van der Waals surface area contributed by atoms with Crippen LogP contribution in [0.1, 0.15) is 15.9 Å². The zero-order valence-electron chi connectivity index (χ0n) is 15.0. The van der Waals surface area contributed by atoms with E-state index < -0.39 is 26.6 Å². The van der Waals surface area contributed by atoms with Crippen LogP contribution < -0.4 is 10.0 Å². The van der Waals surface area contributed by atoms with E-state index in [-0.39, 0.29) is 27.8 Å². The molecule has 3 N–H and O–H groups in total. The highest BCUT2D eigenvalue weighted by atomic mass is 35.5. The number of amides is 1. The number of hydrogen-bond donors (Lipinski definition) is 3. The summed E-state index contributed by atoms with van der Waals surface area (Å²) in [6, 6.07) is 12.4. The number of carbonyl (C=O) groups is 1. The summed E-state index contributed by atoms with van der Waals surface area (Å²) < 4.78 is 28.3. The Morgan fingerprint density at radius 1 is 0.900 bits per heavy atom. The summed E-state index contributed by atoms with van der Waals surface area (Å²) in [6.45, 7) is 0.150. The fourth-order valence-electron chi connectivity index (χ4n) is 3.16. The molecule has 0 saturated carbocycles. The minimum absolute atomic E-state index is 0.0225. The molecule has 4 rings (SSSR count). The molecule has 154 valence electrons. The van der Waals surface area contributed by atoms with Crippen LogP contribution in [0.4, 0.5) is 5.69 Å². The number of anilines is 1. The molecule has 0 saturated heterocycles. The van der Waals surface area contributed by atoms with Gasteiger partial charge in [0.15, 0.2) is 5.75 Å². The molecule has 30 heavy (non-hydrogen) atoms. The first-order valence-corrected chi connectivity index (χ1v) is 11.2. The molecule has 3 aromatic carbocycles. The van der Waals surface area contributed by atoms with E-state index in [1.165, 1.54) is 18.2 Å². The van der Waals surface area contributed by atoms with Gasteiger partial charge in [-0.15, -0.1) is 0 Å². The van der Waals surface area contributed by atoms with E-state index in [4.69, 9.17) is 34.8 Å². The molecule has 10 heteroatoms. The second-order valence-electron chi connectivity index (χ2n) is 6.56. The Balaban J connectivity index is 2.01. The molecule has 0 aromatic heterocycles. The van der Waals surface area contributed by atoms with Crippen molar-refractivity contribution in [1.82, 2.24) is 5.32 Å². The van der Waals surface area contributed by atoms with Gasteiger partial charge in [0.1, 0.15) is 4.90 Å². The van der Waals surface area contributed by atoms with Gasteiger partial charge in [0, 0.05) is 17.7 Å². The first kappa shape index (κ1) is 20.8. The summed E-state index contributed by atoms with van der Waals surface area (Å²) in [7, 11) is -4.34. The van der Waals surface area contributed by atoms with Crippen molar-refractivity contribution in [2.45, 2.75) is 11.4 Å². The molecule has 0 aliphatic carbocycles. The number of nitrogens with one attached hydrogen (secondary N) is 2. The maximum absolute atomic E-state index is 13.0. The number of rotatable bonds is 0. The lowest BCUT2D eigenvalue weighted by Gasteiger charge is -2.15. The predicted octanol–water partition coefficient (Wildman–Crippen LogP) is 5.06. The van der Waals surface area contributed by atoms with Crippen molar-refractivity contribution in [2.24, 2.45) is 0 Å². The van der Waals surface area contributed by atoms with Crippen molar-refractivity contribution < 1.29 is 18.3 Å². The SMILES string of the molecule is O=C1NCc2ccccc2-c2cc(c(Cl)cc2Cl)NS(=O)(=O)c2cc1cc(Cl)c2O. The van der Waals surface area contributed by atoms with Gasteiger partial charge < -0.3 is 10.4 Å². The number of aromatic hydroxyl groups is 1. The molecule has 0 radical (unpaired) electrons. The summed E-state index contributed by atoms with van der Waals surface area (Å²) in [4.78, 5) is 12.1. The van der Waals surface area contributed by atoms with E-state index >= 15 is 0 Å². The minimum Gasteiger partial charge on any atom is -0.505 e. The van der Waals surface area contributed by atoms with Crippen LogP contribution in [0.25, 0.3) is 11.1 Å². The van der Waals surface area contributed by atoms with Gasteiger partial charge in [0.05, 0.1) is 20.8 Å². The van der Waals surface area contributed by atoms with Crippen LogP contribution in [0.2, 0.25) is 15.1 Å². The van der Waals surface area contributed by atoms with E-state index in [9.17, 15) is 18.3 Å². The third kappa shape index (κ3) is 3.70. The summed E-state index contributed by atoms with van der Waals surface area (Å²) in [5.74, 6) is -1.23. The summed E-state index contributed by atoms with van der Waals surface area (Å²) >= 11 is 18.6. The lowest BCUT2D eigenvalue weighted by molar-refractivity contribution is 0.0950. The lowest BCUT2D eigenvalue weighted by atomic mass is 9.99. The molecule has 1 aliphatic rings. The molecular weight excluding hydrogens is 471 g/mol. The van der Waals surface area contributed by atoms with E-state index in [1.54, 1.807) is 12.1 Å². The van der Waals surface area contributed by atoms with Gasteiger partial charge >= 0.3 is 0 Å². The molecule has 6 nitrogen and oxygen atoms in total. The highest BCUT2D eigenvalue weighted by Crippen LogP contribution is 2.39. The molecule has 1 aliphatic heterocycles. The zero-order valence-corrected chi connectivity index (χ0v) is 18.1. The second kappa shape index (κ2) is 7.67. The largest absolute Gasteiger partial charge is 0.505 e. The van der Waals surface area contributed by atoms with Crippen molar-refractivity contribution in [3.8, 4) is 16.9 Å². The van der Waals surface area contributed by atoms with Gasteiger partial charge in [-0.25, -0.2) is 8.42 Å². The van der Waals surface area contributed by atoms with E-state index in [2.05, 4.69) is 10.0 Å². The highest BCUT2D eigenvalue weighted by Gasteiger charge is 2.26. The molecule has 0 unspecified atom stereocenters. The Morgan fingerprint density at radius 2 is 1.63 bits per heavy atom. The van der Waals surface area contributed by atoms with Gasteiger partial charge in [-0.2, -0.15) is 0 Å². The Morgan fingerprint density at radius 3 is 2.40 bits per heavy atom. The normalized spacial score (nSPS) is 15.0. The fraction of sp³-hybridized carbons (Fsp3) is 0.0500. The first-order valence-electron chi connectivity index (χ1n) is 8.58. The Labute approximate surface area is 187 Å². The third-order valence-corrected chi connectivity index (χ3v) is 6.92. The molecule has 1 heterocycles. The molecule has 0 spiro atoms. The molecule has 4 bridgehead atoms. The first-order chi connectivity index (χ1) is 14.2. The van der Waals surface area contributed by atoms with Crippen LogP contribution in [-0.2, 0) is 16.6 Å². The Bertz CT molecular complexity index is 1310. The quantitative estimate of drug-likeness (QED) is 0.416. The van der Waals surface area contributed by atoms with Crippen LogP contribution in [-0.4, -0.2) is 19.4 Å².